The maximum atomic E-state index is 12.7. The van der Waals surface area contributed by atoms with E-state index in [1.807, 2.05) is 11.9 Å². The van der Waals surface area contributed by atoms with Gasteiger partial charge in [0.15, 0.2) is 0 Å². The Bertz CT molecular complexity index is 364. The molecule has 94 valence electrons. The summed E-state index contributed by atoms with van der Waals surface area (Å²) in [5.74, 6) is -0.494. The Balaban J connectivity index is 2.56. The lowest BCUT2D eigenvalue weighted by atomic mass is 10.2. The van der Waals surface area contributed by atoms with E-state index in [9.17, 15) is 9.18 Å². The van der Waals surface area contributed by atoms with E-state index in [1.54, 1.807) is 26.0 Å². The highest BCUT2D eigenvalue weighted by atomic mass is 19.1. The number of ether oxygens (including phenoxy) is 1. The monoisotopic (exact) mass is 239 g/mol. The number of nitrogens with zero attached hydrogens (tertiary/aromatic N) is 1. The highest BCUT2D eigenvalue weighted by Gasteiger charge is 2.18. The average molecular weight is 239 g/mol. The Kier molecular flexibility index (Phi) is 5.10. The zero-order chi connectivity index (χ0) is 12.8. The van der Waals surface area contributed by atoms with Crippen molar-refractivity contribution in [2.24, 2.45) is 0 Å². The summed E-state index contributed by atoms with van der Waals surface area (Å²) in [7, 11) is 1.84. The zero-order valence-corrected chi connectivity index (χ0v) is 10.4. The van der Waals surface area contributed by atoms with Crippen molar-refractivity contribution < 1.29 is 13.9 Å². The minimum atomic E-state index is -0.306. The van der Waals surface area contributed by atoms with Crippen LogP contribution in [-0.4, -0.2) is 30.6 Å². The number of carbonyl (C=O) groups is 1. The number of hydrogen-bond donors (Lipinski definition) is 0. The molecular formula is C13H18FNO2. The molecule has 3 nitrogen and oxygen atoms in total. The molecule has 0 saturated carbocycles. The van der Waals surface area contributed by atoms with Crippen LogP contribution in [-0.2, 0) is 16.1 Å². The van der Waals surface area contributed by atoms with Gasteiger partial charge >= 0.3 is 5.97 Å². The molecule has 1 aromatic rings. The van der Waals surface area contributed by atoms with Crippen LogP contribution in [0.5, 0.6) is 0 Å². The molecule has 0 spiro atoms. The number of carbonyl (C=O) groups excluding carboxylic acids is 1. The highest BCUT2D eigenvalue weighted by Crippen LogP contribution is 2.08. The van der Waals surface area contributed by atoms with Crippen LogP contribution in [0.2, 0.25) is 0 Å². The van der Waals surface area contributed by atoms with Crippen LogP contribution in [0.4, 0.5) is 4.39 Å². The van der Waals surface area contributed by atoms with Gasteiger partial charge in [-0.05, 0) is 38.6 Å². The van der Waals surface area contributed by atoms with Gasteiger partial charge in [0, 0.05) is 6.54 Å². The van der Waals surface area contributed by atoms with Crippen molar-refractivity contribution in [2.75, 3.05) is 13.7 Å². The molecule has 0 aliphatic heterocycles. The second-order valence-corrected chi connectivity index (χ2v) is 3.97. The third kappa shape index (κ3) is 4.15. The molecule has 0 aromatic heterocycles. The van der Waals surface area contributed by atoms with Gasteiger partial charge in [-0.3, -0.25) is 9.69 Å². The smallest absolute Gasteiger partial charge is 0.323 e. The summed E-state index contributed by atoms with van der Waals surface area (Å²) >= 11 is 0. The van der Waals surface area contributed by atoms with E-state index in [0.717, 1.165) is 5.56 Å². The summed E-state index contributed by atoms with van der Waals surface area (Å²) < 4.78 is 17.7. The van der Waals surface area contributed by atoms with Crippen molar-refractivity contribution in [3.05, 3.63) is 35.6 Å². The van der Waals surface area contributed by atoms with Gasteiger partial charge in [-0.25, -0.2) is 4.39 Å². The highest BCUT2D eigenvalue weighted by molar-refractivity contribution is 5.75. The largest absolute Gasteiger partial charge is 0.465 e. The quantitative estimate of drug-likeness (QED) is 0.738. The van der Waals surface area contributed by atoms with Crippen LogP contribution in [0.3, 0.4) is 0 Å². The lowest BCUT2D eigenvalue weighted by Gasteiger charge is -2.22. The molecule has 1 rings (SSSR count). The molecule has 17 heavy (non-hydrogen) atoms. The van der Waals surface area contributed by atoms with E-state index in [4.69, 9.17) is 4.74 Å². The van der Waals surface area contributed by atoms with Crippen molar-refractivity contribution in [3.63, 3.8) is 0 Å². The van der Waals surface area contributed by atoms with Gasteiger partial charge in [0.05, 0.1) is 6.61 Å². The Morgan fingerprint density at radius 3 is 2.53 bits per heavy atom. The summed E-state index contributed by atoms with van der Waals surface area (Å²) in [5, 5.41) is 0. The average Bonchev–Trinajstić information content (AvgIpc) is 2.31. The summed E-state index contributed by atoms with van der Waals surface area (Å²) in [6, 6.07) is 5.95. The van der Waals surface area contributed by atoms with Crippen molar-refractivity contribution in [3.8, 4) is 0 Å². The van der Waals surface area contributed by atoms with Crippen molar-refractivity contribution in [2.45, 2.75) is 26.4 Å². The maximum Gasteiger partial charge on any atom is 0.323 e. The molecule has 0 N–H and O–H groups in total. The van der Waals surface area contributed by atoms with Gasteiger partial charge in [-0.1, -0.05) is 12.1 Å². The SMILES string of the molecule is CCOC(=O)C(C)N(C)Cc1ccc(F)cc1. The molecule has 4 heteroatoms. The number of likely N-dealkylation sites (N-methyl/N-ethyl adjacent to an activating group) is 1. The van der Waals surface area contributed by atoms with Crippen LogP contribution in [0.15, 0.2) is 24.3 Å². The van der Waals surface area contributed by atoms with Crippen LogP contribution >= 0.6 is 0 Å². The van der Waals surface area contributed by atoms with E-state index in [0.29, 0.717) is 13.2 Å². The molecule has 0 amide bonds. The first-order valence-corrected chi connectivity index (χ1v) is 5.66. The van der Waals surface area contributed by atoms with Gasteiger partial charge in [-0.2, -0.15) is 0 Å². The first kappa shape index (κ1) is 13.6. The number of hydrogen-bond acceptors (Lipinski definition) is 3. The first-order chi connectivity index (χ1) is 8.04. The molecule has 0 aliphatic rings. The Morgan fingerprint density at radius 2 is 2.00 bits per heavy atom. The number of rotatable bonds is 5. The molecule has 0 fully saturated rings. The fourth-order valence-electron chi connectivity index (χ4n) is 1.46. The lowest BCUT2D eigenvalue weighted by molar-refractivity contribution is -0.148. The predicted octanol–water partition coefficient (Wildman–Crippen LogP) is 2.21. The van der Waals surface area contributed by atoms with Crippen LogP contribution in [0, 0.1) is 5.82 Å². The minimum Gasteiger partial charge on any atom is -0.465 e. The van der Waals surface area contributed by atoms with Crippen molar-refractivity contribution in [1.82, 2.24) is 4.90 Å². The minimum absolute atomic E-state index is 0.239. The standard InChI is InChI=1S/C13H18FNO2/c1-4-17-13(16)10(2)15(3)9-11-5-7-12(14)8-6-11/h5-8,10H,4,9H2,1-3H3. The Morgan fingerprint density at radius 1 is 1.41 bits per heavy atom. The second kappa shape index (κ2) is 6.35. The number of benzene rings is 1. The van der Waals surface area contributed by atoms with E-state index in [1.165, 1.54) is 12.1 Å². The maximum absolute atomic E-state index is 12.7. The topological polar surface area (TPSA) is 29.5 Å². The third-order valence-electron chi connectivity index (χ3n) is 2.63. The molecule has 0 saturated heterocycles. The molecule has 0 bridgehead atoms. The molecule has 1 unspecified atom stereocenters. The van der Waals surface area contributed by atoms with Gasteiger partial charge in [0.1, 0.15) is 11.9 Å². The fraction of sp³-hybridized carbons (Fsp3) is 0.462. The van der Waals surface area contributed by atoms with Crippen molar-refractivity contribution >= 4 is 5.97 Å². The van der Waals surface area contributed by atoms with Gasteiger partial charge < -0.3 is 4.74 Å². The molecule has 0 aliphatic carbocycles. The normalized spacial score (nSPS) is 12.5. The van der Waals surface area contributed by atoms with E-state index in [-0.39, 0.29) is 17.8 Å². The van der Waals surface area contributed by atoms with E-state index < -0.39 is 0 Å². The van der Waals surface area contributed by atoms with Crippen LogP contribution in [0.25, 0.3) is 0 Å². The van der Waals surface area contributed by atoms with E-state index >= 15 is 0 Å². The third-order valence-corrected chi connectivity index (χ3v) is 2.63. The van der Waals surface area contributed by atoms with Gasteiger partial charge in [0.25, 0.3) is 0 Å². The van der Waals surface area contributed by atoms with Gasteiger partial charge in [0.2, 0.25) is 0 Å². The first-order valence-electron chi connectivity index (χ1n) is 5.66. The molecule has 0 radical (unpaired) electrons. The molecule has 0 heterocycles. The molecular weight excluding hydrogens is 221 g/mol. The summed E-state index contributed by atoms with van der Waals surface area (Å²) in [6.45, 7) is 4.54. The molecule has 1 atom stereocenters. The Labute approximate surface area is 101 Å². The number of halogens is 1. The van der Waals surface area contributed by atoms with E-state index in [2.05, 4.69) is 0 Å². The van der Waals surface area contributed by atoms with Crippen LogP contribution < -0.4 is 0 Å². The fourth-order valence-corrected chi connectivity index (χ4v) is 1.46. The number of esters is 1. The summed E-state index contributed by atoms with van der Waals surface area (Å²) in [6.07, 6.45) is 0. The second-order valence-electron chi connectivity index (χ2n) is 3.97. The zero-order valence-electron chi connectivity index (χ0n) is 10.4. The summed E-state index contributed by atoms with van der Waals surface area (Å²) in [4.78, 5) is 13.4. The van der Waals surface area contributed by atoms with Crippen molar-refractivity contribution in [1.29, 1.82) is 0 Å². The predicted molar refractivity (Wildman–Crippen MR) is 64.0 cm³/mol. The van der Waals surface area contributed by atoms with Gasteiger partial charge in [-0.15, -0.1) is 0 Å². The Hall–Kier alpha value is -1.42. The van der Waals surface area contributed by atoms with Crippen LogP contribution in [0.1, 0.15) is 19.4 Å². The molecule has 1 aromatic carbocycles. The lowest BCUT2D eigenvalue weighted by Crippen LogP contribution is -2.36. The summed E-state index contributed by atoms with van der Waals surface area (Å²) in [5.41, 5.74) is 0.963.